The van der Waals surface area contributed by atoms with Crippen LogP contribution in [-0.4, -0.2) is 17.5 Å². The van der Waals surface area contributed by atoms with Gasteiger partial charge in [0.25, 0.3) is 0 Å². The predicted octanol–water partition coefficient (Wildman–Crippen LogP) is 2.08. The van der Waals surface area contributed by atoms with Crippen molar-refractivity contribution in [1.82, 2.24) is 0 Å². The molecule has 0 bridgehead atoms. The zero-order chi connectivity index (χ0) is 14.4. The Balaban J connectivity index is 2.03. The van der Waals surface area contributed by atoms with Crippen molar-refractivity contribution in [3.05, 3.63) is 65.2 Å². The van der Waals surface area contributed by atoms with Crippen LogP contribution in [0.25, 0.3) is 0 Å². The molecule has 0 aliphatic carbocycles. The molecule has 0 fully saturated rings. The number of benzene rings is 2. The van der Waals surface area contributed by atoms with Gasteiger partial charge >= 0.3 is 0 Å². The summed E-state index contributed by atoms with van der Waals surface area (Å²) in [6.45, 7) is 0.550. The molecule has 0 heterocycles. The van der Waals surface area contributed by atoms with E-state index < -0.39 is 0 Å². The van der Waals surface area contributed by atoms with Crippen molar-refractivity contribution in [2.75, 3.05) is 6.61 Å². The fourth-order valence-corrected chi connectivity index (χ4v) is 1.91. The van der Waals surface area contributed by atoms with Crippen LogP contribution in [0.3, 0.4) is 0 Å². The Labute approximate surface area is 118 Å². The molecule has 0 spiro atoms. The quantitative estimate of drug-likeness (QED) is 0.555. The molecule has 0 aliphatic rings. The summed E-state index contributed by atoms with van der Waals surface area (Å²) in [5.74, 6) is 0.850. The fourth-order valence-electron chi connectivity index (χ4n) is 1.91. The molecule has 0 unspecified atom stereocenters. The highest BCUT2D eigenvalue weighted by atomic mass is 16.5. The van der Waals surface area contributed by atoms with Crippen LogP contribution in [0.15, 0.2) is 48.5 Å². The Kier molecular flexibility index (Phi) is 4.74. The highest BCUT2D eigenvalue weighted by Gasteiger charge is 2.03. The average molecular weight is 270 g/mol. The van der Waals surface area contributed by atoms with E-state index in [0.29, 0.717) is 18.6 Å². The molecule has 0 saturated carbocycles. The van der Waals surface area contributed by atoms with E-state index >= 15 is 0 Å². The molecule has 20 heavy (non-hydrogen) atoms. The number of nitrogens with two attached hydrogens (primary N) is 1. The number of aliphatic hydroxyl groups excluding tert-OH is 1. The summed E-state index contributed by atoms with van der Waals surface area (Å²) in [5, 5.41) is 16.4. The number of hydrogen-bond acceptors (Lipinski definition) is 3. The standard InChI is InChI=1S/C16H18N2O2/c17-16(18)14-7-5-12(6-8-14)11-20-15-4-2-1-3-13(15)9-10-19/h1-8,19H,9-11H2,(H3,17,18). The summed E-state index contributed by atoms with van der Waals surface area (Å²) in [6, 6.07) is 15.1. The number of amidine groups is 1. The van der Waals surface area contributed by atoms with E-state index in [2.05, 4.69) is 0 Å². The van der Waals surface area contributed by atoms with Gasteiger partial charge in [-0.2, -0.15) is 0 Å². The summed E-state index contributed by atoms with van der Waals surface area (Å²) < 4.78 is 5.78. The largest absolute Gasteiger partial charge is 0.489 e. The van der Waals surface area contributed by atoms with Crippen molar-refractivity contribution in [2.45, 2.75) is 13.0 Å². The monoisotopic (exact) mass is 270 g/mol. The molecule has 0 aromatic heterocycles. The van der Waals surface area contributed by atoms with E-state index in [-0.39, 0.29) is 12.4 Å². The van der Waals surface area contributed by atoms with Gasteiger partial charge in [0.05, 0.1) is 0 Å². The van der Waals surface area contributed by atoms with Crippen LogP contribution in [-0.2, 0) is 13.0 Å². The molecule has 4 nitrogen and oxygen atoms in total. The first kappa shape index (κ1) is 14.1. The fraction of sp³-hybridized carbons (Fsp3) is 0.188. The lowest BCUT2D eigenvalue weighted by Crippen LogP contribution is -2.10. The Hall–Kier alpha value is -2.33. The van der Waals surface area contributed by atoms with Gasteiger partial charge in [0.15, 0.2) is 0 Å². The van der Waals surface area contributed by atoms with E-state index in [4.69, 9.17) is 21.0 Å². The molecular weight excluding hydrogens is 252 g/mol. The second kappa shape index (κ2) is 6.73. The van der Waals surface area contributed by atoms with E-state index in [0.717, 1.165) is 16.9 Å². The second-order valence-electron chi connectivity index (χ2n) is 4.48. The maximum absolute atomic E-state index is 9.02. The van der Waals surface area contributed by atoms with Gasteiger partial charge in [-0.15, -0.1) is 0 Å². The summed E-state index contributed by atoms with van der Waals surface area (Å²) >= 11 is 0. The minimum Gasteiger partial charge on any atom is -0.489 e. The van der Waals surface area contributed by atoms with Crippen LogP contribution in [0.4, 0.5) is 0 Å². The minimum absolute atomic E-state index is 0.0609. The topological polar surface area (TPSA) is 79.3 Å². The number of nitrogens with one attached hydrogen (secondary N) is 1. The van der Waals surface area contributed by atoms with Gasteiger partial charge < -0.3 is 15.6 Å². The highest BCUT2D eigenvalue weighted by Crippen LogP contribution is 2.19. The maximum Gasteiger partial charge on any atom is 0.123 e. The third-order valence-corrected chi connectivity index (χ3v) is 3.01. The molecule has 2 rings (SSSR count). The molecule has 4 heteroatoms. The summed E-state index contributed by atoms with van der Waals surface area (Å²) in [6.07, 6.45) is 0.583. The first-order valence-corrected chi connectivity index (χ1v) is 6.45. The van der Waals surface area contributed by atoms with Crippen LogP contribution in [0.1, 0.15) is 16.7 Å². The number of rotatable bonds is 6. The van der Waals surface area contributed by atoms with Crippen LogP contribution in [0, 0.1) is 5.41 Å². The lowest BCUT2D eigenvalue weighted by atomic mass is 10.1. The molecule has 0 saturated heterocycles. The zero-order valence-electron chi connectivity index (χ0n) is 11.2. The van der Waals surface area contributed by atoms with Crippen molar-refractivity contribution < 1.29 is 9.84 Å². The Bertz CT molecular complexity index is 579. The summed E-state index contributed by atoms with van der Waals surface area (Å²) in [7, 11) is 0. The Morgan fingerprint density at radius 2 is 1.80 bits per heavy atom. The van der Waals surface area contributed by atoms with Gasteiger partial charge in [-0.1, -0.05) is 42.5 Å². The van der Waals surface area contributed by atoms with Crippen LogP contribution in [0.5, 0.6) is 5.75 Å². The third kappa shape index (κ3) is 3.59. The van der Waals surface area contributed by atoms with E-state index in [1.165, 1.54) is 0 Å². The van der Waals surface area contributed by atoms with Crippen molar-refractivity contribution >= 4 is 5.84 Å². The molecule has 0 atom stereocenters. The van der Waals surface area contributed by atoms with Crippen molar-refractivity contribution in [3.63, 3.8) is 0 Å². The third-order valence-electron chi connectivity index (χ3n) is 3.01. The zero-order valence-corrected chi connectivity index (χ0v) is 11.2. The van der Waals surface area contributed by atoms with Gasteiger partial charge in [-0.05, 0) is 23.6 Å². The van der Waals surface area contributed by atoms with Gasteiger partial charge in [0.2, 0.25) is 0 Å². The van der Waals surface area contributed by atoms with Crippen LogP contribution in [0.2, 0.25) is 0 Å². The van der Waals surface area contributed by atoms with Gasteiger partial charge in [0.1, 0.15) is 18.2 Å². The molecule has 4 N–H and O–H groups in total. The minimum atomic E-state index is 0.0609. The molecule has 0 amide bonds. The molecule has 2 aromatic rings. The lowest BCUT2D eigenvalue weighted by Gasteiger charge is -2.11. The van der Waals surface area contributed by atoms with Crippen molar-refractivity contribution in [3.8, 4) is 5.75 Å². The first-order chi connectivity index (χ1) is 9.70. The SMILES string of the molecule is N=C(N)c1ccc(COc2ccccc2CCO)cc1. The number of ether oxygens (including phenoxy) is 1. The first-order valence-electron chi connectivity index (χ1n) is 6.45. The van der Waals surface area contributed by atoms with E-state index in [9.17, 15) is 0 Å². The van der Waals surface area contributed by atoms with E-state index in [1.807, 2.05) is 36.4 Å². The van der Waals surface area contributed by atoms with E-state index in [1.54, 1.807) is 12.1 Å². The second-order valence-corrected chi connectivity index (χ2v) is 4.48. The highest BCUT2D eigenvalue weighted by molar-refractivity contribution is 5.94. The van der Waals surface area contributed by atoms with Crippen molar-refractivity contribution in [1.29, 1.82) is 5.41 Å². The molecular formula is C16H18N2O2. The molecule has 0 aliphatic heterocycles. The van der Waals surface area contributed by atoms with Crippen LogP contribution < -0.4 is 10.5 Å². The van der Waals surface area contributed by atoms with Crippen molar-refractivity contribution in [2.24, 2.45) is 5.73 Å². The summed E-state index contributed by atoms with van der Waals surface area (Å²) in [5.41, 5.74) is 8.12. The van der Waals surface area contributed by atoms with Gasteiger partial charge in [-0.25, -0.2) is 0 Å². The predicted molar refractivity (Wildman–Crippen MR) is 79.0 cm³/mol. The molecule has 104 valence electrons. The Morgan fingerprint density at radius 3 is 2.45 bits per heavy atom. The Morgan fingerprint density at radius 1 is 1.10 bits per heavy atom. The van der Waals surface area contributed by atoms with Crippen LogP contribution >= 0.6 is 0 Å². The number of nitrogen functional groups attached to an aromatic ring is 1. The molecule has 2 aromatic carbocycles. The van der Waals surface area contributed by atoms with Gasteiger partial charge in [0, 0.05) is 12.2 Å². The number of aliphatic hydroxyl groups is 1. The maximum atomic E-state index is 9.02. The molecule has 0 radical (unpaired) electrons. The normalized spacial score (nSPS) is 10.2. The average Bonchev–Trinajstić information content (AvgIpc) is 2.47. The number of hydrogen-bond donors (Lipinski definition) is 3. The lowest BCUT2D eigenvalue weighted by molar-refractivity contribution is 0.284. The number of para-hydroxylation sites is 1. The summed E-state index contributed by atoms with van der Waals surface area (Å²) in [4.78, 5) is 0. The van der Waals surface area contributed by atoms with Gasteiger partial charge in [-0.3, -0.25) is 5.41 Å². The smallest absolute Gasteiger partial charge is 0.123 e.